The van der Waals surface area contributed by atoms with Gasteiger partial charge in [-0.05, 0) is 193 Å². The maximum absolute atomic E-state index is 13.2. The molecule has 0 saturated heterocycles. The summed E-state index contributed by atoms with van der Waals surface area (Å²) in [4.78, 5) is 64.4. The third-order valence-corrected chi connectivity index (χ3v) is 12.9. The molecule has 0 bridgehead atoms. The molecule has 356 valence electrons. The van der Waals surface area contributed by atoms with Crippen LogP contribution in [-0.4, -0.2) is 60.9 Å². The minimum atomic E-state index is -1.41. The van der Waals surface area contributed by atoms with E-state index in [2.05, 4.69) is 49.7 Å². The molecule has 14 heteroatoms. The lowest BCUT2D eigenvalue weighted by Crippen LogP contribution is -2.29. The first kappa shape index (κ1) is 51.4. The van der Waals surface area contributed by atoms with Crippen LogP contribution in [0, 0.1) is 41.5 Å². The number of halogens is 1. The molecule has 2 aromatic carbocycles. The van der Waals surface area contributed by atoms with E-state index in [1.807, 2.05) is 96.3 Å². The van der Waals surface area contributed by atoms with Crippen molar-refractivity contribution in [2.45, 2.75) is 132 Å². The Hall–Kier alpha value is -5.96. The van der Waals surface area contributed by atoms with Crippen LogP contribution in [0.5, 0.6) is 11.5 Å². The smallest absolute Gasteiger partial charge is 0.490 e. The number of H-pyrrole nitrogens is 2. The molecule has 2 atom stereocenters. The fourth-order valence-corrected chi connectivity index (χ4v) is 9.20. The second-order valence-corrected chi connectivity index (χ2v) is 19.0. The van der Waals surface area contributed by atoms with Crippen molar-refractivity contribution in [1.82, 2.24) is 19.9 Å². The molecular weight excluding hydrogens is 923 g/mol. The average Bonchev–Trinajstić information content (AvgIpc) is 3.60. The summed E-state index contributed by atoms with van der Waals surface area (Å²) in [5.74, 6) is 1.80. The molecule has 8 rings (SSSR count). The van der Waals surface area contributed by atoms with Crippen LogP contribution in [0.25, 0.3) is 11.1 Å². The maximum atomic E-state index is 13.2. The van der Waals surface area contributed by atoms with Crippen LogP contribution in [0.15, 0.2) is 87.1 Å². The van der Waals surface area contributed by atoms with Crippen molar-refractivity contribution in [3.8, 4) is 22.6 Å². The first-order chi connectivity index (χ1) is 32.4. The molecule has 0 spiro atoms. The lowest BCUT2D eigenvalue weighted by Gasteiger charge is -2.18. The number of Topliss-reactive ketones (excluding diaryl/α,β-unsaturated/α-hetero) is 2. The number of ketones is 2. The summed E-state index contributed by atoms with van der Waals surface area (Å²) < 4.78 is 13.1. The van der Waals surface area contributed by atoms with Crippen LogP contribution in [-0.2, 0) is 25.7 Å². The molecule has 4 N–H and O–H groups in total. The Labute approximate surface area is 407 Å². The van der Waals surface area contributed by atoms with Gasteiger partial charge < -0.3 is 29.5 Å². The Balaban J connectivity index is 0.000000189. The van der Waals surface area contributed by atoms with Crippen LogP contribution in [0.4, 0.5) is 0 Å². The quantitative estimate of drug-likeness (QED) is 0.0763. The van der Waals surface area contributed by atoms with Gasteiger partial charge in [0, 0.05) is 86.9 Å². The van der Waals surface area contributed by atoms with Crippen molar-refractivity contribution in [1.29, 1.82) is 0 Å². The highest BCUT2D eigenvalue weighted by molar-refractivity contribution is 9.10. The third-order valence-electron chi connectivity index (χ3n) is 12.3. The molecule has 6 aromatic rings. The van der Waals surface area contributed by atoms with E-state index in [1.165, 1.54) is 6.20 Å². The molecule has 2 aliphatic rings. The maximum Gasteiger partial charge on any atom is 0.490 e. The van der Waals surface area contributed by atoms with E-state index in [9.17, 15) is 19.2 Å². The van der Waals surface area contributed by atoms with Crippen LogP contribution < -0.4 is 26.1 Å². The zero-order valence-electron chi connectivity index (χ0n) is 40.3. The fourth-order valence-electron chi connectivity index (χ4n) is 8.61. The van der Waals surface area contributed by atoms with E-state index in [0.29, 0.717) is 47.0 Å². The average molecular weight is 986 g/mol. The predicted octanol–water partition coefficient (Wildman–Crippen LogP) is 9.02. The standard InChI is InChI=1S/C27H30N2O3.C21H24BrNO3.C6H8BNO2/c1-16-12-18(3)29-27(31)23(16)10-11-25(30)22-13-20-7-5-6-19(4)32-26(20)24(14-22)21-9-8-17(2)28-15-21;1-12-9-13(2)23-21(25)17(12)7-8-19(24)16-10-15-6-4-5-14(3)26-20(15)18(22)11-16;1-5-2-3-6(4-8-5)7(9)10/h8-9,12-15,19H,5-7,10-11H2,1-4H3,(H,29,31);9-11,14H,4-8H2,1-3H3,(H,23,25);2-4,9-10H,1H3. The topological polar surface area (TPSA) is 185 Å². The van der Waals surface area contributed by atoms with Gasteiger partial charge in [-0.2, -0.15) is 0 Å². The number of carbonyl (C=O) groups excluding carboxylic acids is 2. The highest BCUT2D eigenvalue weighted by atomic mass is 79.9. The van der Waals surface area contributed by atoms with Gasteiger partial charge >= 0.3 is 7.12 Å². The Kier molecular flexibility index (Phi) is 17.7. The minimum absolute atomic E-state index is 0.0331. The SMILES string of the molecule is Cc1cc(C)c(CCC(=O)c2cc(Br)c3c(c2)CCCC(C)O3)c(=O)[nH]1.Cc1ccc(-c2cc(C(=O)CCc3c(C)cc(C)[nH]c3=O)cc3c2OC(C)CCC3)cn1.Cc1ccc(B(O)O)cn1. The normalized spacial score (nSPS) is 15.0. The largest absolute Gasteiger partial charge is 0.490 e. The van der Waals surface area contributed by atoms with Gasteiger partial charge in [0.05, 0.1) is 16.7 Å². The van der Waals surface area contributed by atoms with Gasteiger partial charge in [-0.15, -0.1) is 0 Å². The van der Waals surface area contributed by atoms with Crippen molar-refractivity contribution in [2.24, 2.45) is 0 Å². The molecule has 12 nitrogen and oxygen atoms in total. The molecule has 0 saturated carbocycles. The van der Waals surface area contributed by atoms with Gasteiger partial charge in [0.1, 0.15) is 11.5 Å². The number of aromatic amines is 2. The molecule has 2 unspecified atom stereocenters. The van der Waals surface area contributed by atoms with E-state index in [4.69, 9.17) is 19.5 Å². The highest BCUT2D eigenvalue weighted by Crippen LogP contribution is 2.39. The zero-order chi connectivity index (χ0) is 49.2. The van der Waals surface area contributed by atoms with E-state index < -0.39 is 7.12 Å². The second kappa shape index (κ2) is 23.4. The zero-order valence-corrected chi connectivity index (χ0v) is 41.9. The number of pyridine rings is 4. The number of aromatic nitrogens is 4. The number of carbonyl (C=O) groups is 2. The molecule has 0 aliphatic carbocycles. The lowest BCUT2D eigenvalue weighted by molar-refractivity contribution is 0.0974. The van der Waals surface area contributed by atoms with Crippen molar-refractivity contribution < 1.29 is 29.1 Å². The van der Waals surface area contributed by atoms with Crippen molar-refractivity contribution in [2.75, 3.05) is 0 Å². The summed E-state index contributed by atoms with van der Waals surface area (Å²) in [6.45, 7) is 15.5. The monoisotopic (exact) mass is 984 g/mol. The molecule has 2 aliphatic heterocycles. The molecule has 6 heterocycles. The molecule has 68 heavy (non-hydrogen) atoms. The van der Waals surface area contributed by atoms with Crippen LogP contribution in [0.1, 0.15) is 129 Å². The van der Waals surface area contributed by atoms with Crippen LogP contribution >= 0.6 is 15.9 Å². The number of nitrogens with one attached hydrogen (secondary N) is 2. The summed E-state index contributed by atoms with van der Waals surface area (Å²) in [7, 11) is -1.41. The van der Waals surface area contributed by atoms with E-state index in [1.54, 1.807) is 12.1 Å². The second-order valence-electron chi connectivity index (χ2n) is 18.1. The number of ether oxygens (including phenoxy) is 2. The molecule has 0 amide bonds. The summed E-state index contributed by atoms with van der Waals surface area (Å²) in [6, 6.07) is 19.0. The summed E-state index contributed by atoms with van der Waals surface area (Å²) in [6.07, 6.45) is 10.9. The number of fused-ring (bicyclic) bond motifs is 2. The fraction of sp³-hybridized carbons (Fsp3) is 0.370. The molecule has 0 radical (unpaired) electrons. The molecule has 4 aromatic heterocycles. The number of benzene rings is 2. The van der Waals surface area contributed by atoms with Gasteiger partial charge in [0.2, 0.25) is 0 Å². The molecule has 0 fully saturated rings. The third kappa shape index (κ3) is 13.6. The Morgan fingerprint density at radius 1 is 0.676 bits per heavy atom. The van der Waals surface area contributed by atoms with Crippen LogP contribution in [0.2, 0.25) is 0 Å². The van der Waals surface area contributed by atoms with Gasteiger partial charge in [0.15, 0.2) is 11.6 Å². The van der Waals surface area contributed by atoms with Crippen molar-refractivity contribution in [3.05, 3.63) is 166 Å². The van der Waals surface area contributed by atoms with Crippen LogP contribution in [0.3, 0.4) is 0 Å². The van der Waals surface area contributed by atoms with Gasteiger partial charge in [-0.3, -0.25) is 29.1 Å². The number of aryl methyl sites for hydroxylation is 8. The minimum Gasteiger partial charge on any atom is -0.490 e. The van der Waals surface area contributed by atoms with Crippen molar-refractivity contribution >= 4 is 40.1 Å². The van der Waals surface area contributed by atoms with E-state index in [-0.39, 0.29) is 41.3 Å². The Morgan fingerprint density at radius 2 is 1.16 bits per heavy atom. The first-order valence-corrected chi connectivity index (χ1v) is 24.2. The highest BCUT2D eigenvalue weighted by Gasteiger charge is 2.23. The summed E-state index contributed by atoms with van der Waals surface area (Å²) >= 11 is 3.56. The predicted molar refractivity (Wildman–Crippen MR) is 272 cm³/mol. The number of nitrogens with zero attached hydrogens (tertiary/aromatic N) is 2. The number of rotatable bonds is 10. The summed E-state index contributed by atoms with van der Waals surface area (Å²) in [5, 5.41) is 17.3. The van der Waals surface area contributed by atoms with Crippen molar-refractivity contribution in [3.63, 3.8) is 0 Å². The van der Waals surface area contributed by atoms with Gasteiger partial charge in [0.25, 0.3) is 11.1 Å². The van der Waals surface area contributed by atoms with Gasteiger partial charge in [-0.25, -0.2) is 0 Å². The number of hydrogen-bond acceptors (Lipinski definition) is 10. The van der Waals surface area contributed by atoms with Gasteiger partial charge in [-0.1, -0.05) is 12.1 Å². The molecular formula is C54H62BBrN4O8. The van der Waals surface area contributed by atoms with E-state index >= 15 is 0 Å². The lowest BCUT2D eigenvalue weighted by atomic mass is 9.82. The number of hydrogen-bond donors (Lipinski definition) is 4. The first-order valence-electron chi connectivity index (χ1n) is 23.4. The Morgan fingerprint density at radius 3 is 1.63 bits per heavy atom. The Bertz CT molecular complexity index is 2880. The summed E-state index contributed by atoms with van der Waals surface area (Å²) in [5.41, 5.74) is 12.3. The van der Waals surface area contributed by atoms with E-state index in [0.717, 1.165) is 111 Å².